The van der Waals surface area contributed by atoms with Crippen molar-refractivity contribution in [3.8, 4) is 37.0 Å². The lowest BCUT2D eigenvalue weighted by Crippen LogP contribution is -2.35. The van der Waals surface area contributed by atoms with E-state index in [4.69, 9.17) is 19.3 Å². The van der Waals surface area contributed by atoms with E-state index in [0.717, 1.165) is 0 Å². The minimum Gasteiger partial charge on any atom is -0.367 e. The van der Waals surface area contributed by atoms with Crippen LogP contribution in [0.5, 0.6) is 0 Å². The van der Waals surface area contributed by atoms with E-state index < -0.39 is 6.23 Å². The molecule has 68 valence electrons. The van der Waals surface area contributed by atoms with Crippen molar-refractivity contribution in [2.24, 2.45) is 0 Å². The lowest BCUT2D eigenvalue weighted by Gasteiger charge is -2.22. The number of hydrogen-bond acceptors (Lipinski definition) is 2. The summed E-state index contributed by atoms with van der Waals surface area (Å²) in [5.74, 6) is 7.19. The number of aliphatic hydroxyl groups excluding tert-OH is 1. The summed E-state index contributed by atoms with van der Waals surface area (Å²) in [4.78, 5) is 1.68. The van der Waals surface area contributed by atoms with Crippen LogP contribution in [0.2, 0.25) is 0 Å². The molecular formula is C11H13NO. The Balaban J connectivity index is 3.99. The van der Waals surface area contributed by atoms with Gasteiger partial charge in [-0.2, -0.15) is 0 Å². The van der Waals surface area contributed by atoms with Gasteiger partial charge in [-0.25, -0.2) is 0 Å². The predicted molar refractivity (Wildman–Crippen MR) is 53.3 cm³/mol. The van der Waals surface area contributed by atoms with Gasteiger partial charge in [-0.15, -0.1) is 31.1 Å². The quantitative estimate of drug-likeness (QED) is 0.479. The fourth-order valence-electron chi connectivity index (χ4n) is 0.878. The van der Waals surface area contributed by atoms with E-state index in [1.54, 1.807) is 4.90 Å². The van der Waals surface area contributed by atoms with Gasteiger partial charge >= 0.3 is 0 Å². The molecule has 1 unspecified atom stereocenters. The molecular weight excluding hydrogens is 162 g/mol. The molecule has 0 rings (SSSR count). The van der Waals surface area contributed by atoms with Crippen molar-refractivity contribution in [3.05, 3.63) is 0 Å². The smallest absolute Gasteiger partial charge is 0.170 e. The summed E-state index contributed by atoms with van der Waals surface area (Å²) in [6.07, 6.45) is 15.5. The molecule has 13 heavy (non-hydrogen) atoms. The SMILES string of the molecule is C#CCCN(CCC#C)C(O)C#C. The molecule has 0 aliphatic carbocycles. The highest BCUT2D eigenvalue weighted by molar-refractivity contribution is 4.96. The summed E-state index contributed by atoms with van der Waals surface area (Å²) >= 11 is 0. The maximum Gasteiger partial charge on any atom is 0.170 e. The van der Waals surface area contributed by atoms with E-state index >= 15 is 0 Å². The molecule has 1 atom stereocenters. The fraction of sp³-hybridized carbons (Fsp3) is 0.455. The van der Waals surface area contributed by atoms with Gasteiger partial charge in [0.2, 0.25) is 0 Å². The first kappa shape index (κ1) is 11.6. The molecule has 0 radical (unpaired) electrons. The molecule has 0 spiro atoms. The van der Waals surface area contributed by atoms with Crippen molar-refractivity contribution in [3.63, 3.8) is 0 Å². The van der Waals surface area contributed by atoms with Gasteiger partial charge in [-0.05, 0) is 0 Å². The molecule has 0 saturated carbocycles. The molecule has 0 fully saturated rings. The molecule has 0 saturated heterocycles. The summed E-state index contributed by atoms with van der Waals surface area (Å²) in [6, 6.07) is 0. The van der Waals surface area contributed by atoms with Crippen LogP contribution in [0.1, 0.15) is 12.8 Å². The van der Waals surface area contributed by atoms with Gasteiger partial charge in [-0.1, -0.05) is 5.92 Å². The second-order valence-electron chi connectivity index (χ2n) is 2.48. The Hall–Kier alpha value is -1.40. The van der Waals surface area contributed by atoms with E-state index in [1.807, 2.05) is 0 Å². The Bertz CT molecular complexity index is 233. The second-order valence-corrected chi connectivity index (χ2v) is 2.48. The molecule has 0 aromatic heterocycles. The zero-order chi connectivity index (χ0) is 10.1. The Morgan fingerprint density at radius 1 is 1.08 bits per heavy atom. The number of aliphatic hydroxyl groups is 1. The minimum atomic E-state index is -0.887. The molecule has 2 nitrogen and oxygen atoms in total. The molecule has 0 aromatic carbocycles. The highest BCUT2D eigenvalue weighted by Gasteiger charge is 2.10. The summed E-state index contributed by atoms with van der Waals surface area (Å²) in [5, 5.41) is 9.32. The van der Waals surface area contributed by atoms with Crippen molar-refractivity contribution in [2.45, 2.75) is 19.1 Å². The van der Waals surface area contributed by atoms with E-state index in [0.29, 0.717) is 25.9 Å². The normalized spacial score (nSPS) is 11.3. The lowest BCUT2D eigenvalue weighted by molar-refractivity contribution is 0.0529. The Labute approximate surface area is 79.9 Å². The van der Waals surface area contributed by atoms with Crippen molar-refractivity contribution >= 4 is 0 Å². The average Bonchev–Trinajstić information content (AvgIpc) is 2.17. The van der Waals surface area contributed by atoms with E-state index in [-0.39, 0.29) is 0 Å². The zero-order valence-corrected chi connectivity index (χ0v) is 7.53. The molecule has 0 aliphatic rings. The number of hydrogen-bond donors (Lipinski definition) is 1. The first-order chi connectivity index (χ1) is 6.26. The van der Waals surface area contributed by atoms with Gasteiger partial charge in [0.1, 0.15) is 0 Å². The minimum absolute atomic E-state index is 0.559. The molecule has 2 heteroatoms. The van der Waals surface area contributed by atoms with Gasteiger partial charge in [0.25, 0.3) is 0 Å². The van der Waals surface area contributed by atoms with Crippen LogP contribution >= 0.6 is 0 Å². The van der Waals surface area contributed by atoms with E-state index in [1.165, 1.54) is 0 Å². The van der Waals surface area contributed by atoms with Crippen LogP contribution < -0.4 is 0 Å². The van der Waals surface area contributed by atoms with E-state index in [2.05, 4.69) is 17.8 Å². The average molecular weight is 175 g/mol. The molecule has 0 aromatic rings. The predicted octanol–water partition coefficient (Wildman–Crippen LogP) is 0.287. The van der Waals surface area contributed by atoms with E-state index in [9.17, 15) is 5.11 Å². The monoisotopic (exact) mass is 175 g/mol. The highest BCUT2D eigenvalue weighted by Crippen LogP contribution is 1.98. The van der Waals surface area contributed by atoms with Gasteiger partial charge in [-0.3, -0.25) is 4.90 Å². The molecule has 0 bridgehead atoms. The van der Waals surface area contributed by atoms with Crippen molar-refractivity contribution < 1.29 is 5.11 Å². The fourth-order valence-corrected chi connectivity index (χ4v) is 0.878. The number of rotatable bonds is 5. The largest absolute Gasteiger partial charge is 0.367 e. The van der Waals surface area contributed by atoms with Crippen LogP contribution in [-0.4, -0.2) is 29.3 Å². The van der Waals surface area contributed by atoms with Gasteiger partial charge in [0.05, 0.1) is 0 Å². The van der Waals surface area contributed by atoms with Crippen molar-refractivity contribution in [1.29, 1.82) is 0 Å². The molecule has 0 heterocycles. The summed E-state index contributed by atoms with van der Waals surface area (Å²) in [6.45, 7) is 1.15. The van der Waals surface area contributed by atoms with Gasteiger partial charge in [0.15, 0.2) is 6.23 Å². The molecule has 0 aliphatic heterocycles. The van der Waals surface area contributed by atoms with Gasteiger partial charge < -0.3 is 5.11 Å². The van der Waals surface area contributed by atoms with Gasteiger partial charge in [0, 0.05) is 25.9 Å². The first-order valence-corrected chi connectivity index (χ1v) is 4.01. The molecule has 1 N–H and O–H groups in total. The van der Waals surface area contributed by atoms with Crippen LogP contribution in [0.3, 0.4) is 0 Å². The van der Waals surface area contributed by atoms with Crippen molar-refractivity contribution in [1.82, 2.24) is 4.90 Å². The zero-order valence-electron chi connectivity index (χ0n) is 7.53. The van der Waals surface area contributed by atoms with Crippen LogP contribution in [0.15, 0.2) is 0 Å². The second kappa shape index (κ2) is 7.26. The molecule has 0 amide bonds. The summed E-state index contributed by atoms with van der Waals surface area (Å²) < 4.78 is 0. The maximum atomic E-state index is 9.32. The third kappa shape index (κ3) is 4.94. The maximum absolute atomic E-state index is 9.32. The summed E-state index contributed by atoms with van der Waals surface area (Å²) in [7, 11) is 0. The Morgan fingerprint density at radius 3 is 1.85 bits per heavy atom. The topological polar surface area (TPSA) is 23.5 Å². The van der Waals surface area contributed by atoms with Crippen LogP contribution in [0, 0.1) is 37.0 Å². The highest BCUT2D eigenvalue weighted by atomic mass is 16.3. The summed E-state index contributed by atoms with van der Waals surface area (Å²) in [5.41, 5.74) is 0. The first-order valence-electron chi connectivity index (χ1n) is 4.01. The van der Waals surface area contributed by atoms with Crippen molar-refractivity contribution in [2.75, 3.05) is 13.1 Å². The third-order valence-electron chi connectivity index (χ3n) is 1.58. The van der Waals surface area contributed by atoms with Crippen LogP contribution in [0.4, 0.5) is 0 Å². The Kier molecular flexibility index (Phi) is 6.48. The van der Waals surface area contributed by atoms with Crippen LogP contribution in [-0.2, 0) is 0 Å². The Morgan fingerprint density at radius 2 is 1.54 bits per heavy atom. The van der Waals surface area contributed by atoms with Crippen LogP contribution in [0.25, 0.3) is 0 Å². The number of terminal acetylenes is 3. The standard InChI is InChI=1S/C11H13NO/c1-4-7-9-12(10-8-5-2)11(13)6-3/h1-3,11,13H,7-10H2. The number of nitrogens with zero attached hydrogens (tertiary/aromatic N) is 1. The third-order valence-corrected chi connectivity index (χ3v) is 1.58. The lowest BCUT2D eigenvalue weighted by atomic mass is 10.3.